The van der Waals surface area contributed by atoms with E-state index in [2.05, 4.69) is 4.18 Å². The third-order valence-corrected chi connectivity index (χ3v) is 4.44. The van der Waals surface area contributed by atoms with Gasteiger partial charge in [-0.05, 0) is 19.4 Å². The molecule has 0 radical (unpaired) electrons. The van der Waals surface area contributed by atoms with E-state index in [0.29, 0.717) is 5.57 Å². The molecule has 2 atom stereocenters. The lowest BCUT2D eigenvalue weighted by Gasteiger charge is -2.13. The summed E-state index contributed by atoms with van der Waals surface area (Å²) in [7, 11) is -5.65. The average molecular weight is 336 g/mol. The fraction of sp³-hybridized carbons (Fsp3) is 0.429. The Hall–Kier alpha value is -1.54. The third-order valence-electron chi connectivity index (χ3n) is 3.41. The van der Waals surface area contributed by atoms with Crippen LogP contribution in [0.5, 0.6) is 0 Å². The lowest BCUT2D eigenvalue weighted by atomic mass is 10.0. The Morgan fingerprint density at radius 2 is 1.86 bits per heavy atom. The number of rotatable bonds is 3. The molecule has 1 aliphatic rings. The molecule has 0 spiro atoms. The van der Waals surface area contributed by atoms with Gasteiger partial charge in [0, 0.05) is 12.0 Å². The van der Waals surface area contributed by atoms with E-state index in [-0.39, 0.29) is 18.3 Å². The molecular formula is C14H15F3O4S. The van der Waals surface area contributed by atoms with Gasteiger partial charge >= 0.3 is 15.6 Å². The van der Waals surface area contributed by atoms with E-state index in [0.717, 1.165) is 5.56 Å². The quantitative estimate of drug-likeness (QED) is 0.480. The third kappa shape index (κ3) is 3.44. The van der Waals surface area contributed by atoms with Crippen LogP contribution in [0.15, 0.2) is 41.7 Å². The topological polar surface area (TPSA) is 52.6 Å². The zero-order valence-electron chi connectivity index (χ0n) is 11.9. The van der Waals surface area contributed by atoms with Gasteiger partial charge in [0.2, 0.25) is 0 Å². The van der Waals surface area contributed by atoms with E-state index in [9.17, 15) is 21.6 Å². The summed E-state index contributed by atoms with van der Waals surface area (Å²) < 4.78 is 69.0. The Morgan fingerprint density at radius 1 is 1.27 bits per heavy atom. The minimum Gasteiger partial charge on any atom is -0.381 e. The summed E-state index contributed by atoms with van der Waals surface area (Å²) in [5, 5.41) is 0. The van der Waals surface area contributed by atoms with Crippen LogP contribution in [0.4, 0.5) is 13.2 Å². The molecule has 1 aromatic carbocycles. The van der Waals surface area contributed by atoms with E-state index in [1.54, 1.807) is 6.92 Å². The minimum absolute atomic E-state index is 0.282. The second-order valence-corrected chi connectivity index (χ2v) is 6.48. The summed E-state index contributed by atoms with van der Waals surface area (Å²) in [4.78, 5) is 0. The molecule has 0 amide bonds. The maximum Gasteiger partial charge on any atom is 0.534 e. The number of hydrogen-bond donors (Lipinski definition) is 0. The van der Waals surface area contributed by atoms with Gasteiger partial charge in [-0.15, -0.1) is 0 Å². The van der Waals surface area contributed by atoms with Crippen LogP contribution < -0.4 is 0 Å². The highest BCUT2D eigenvalue weighted by atomic mass is 32.2. The van der Waals surface area contributed by atoms with Crippen LogP contribution in [0.1, 0.15) is 31.9 Å². The normalized spacial score (nSPS) is 25.1. The summed E-state index contributed by atoms with van der Waals surface area (Å²) in [6, 6.07) is 9.15. The summed E-state index contributed by atoms with van der Waals surface area (Å²) >= 11 is 0. The highest BCUT2D eigenvalue weighted by Crippen LogP contribution is 2.39. The molecule has 22 heavy (non-hydrogen) atoms. The highest BCUT2D eigenvalue weighted by Gasteiger charge is 2.49. The standard InChI is InChI=1S/C14H15F3O4S/c1-9-12(10(2)21-22(18,19)14(15,16)17)8-13(20-9)11-6-4-3-5-7-11/h3-7,9,13H,8H2,1-2H3/b12-10-. The van der Waals surface area contributed by atoms with Crippen LogP contribution in [-0.4, -0.2) is 20.0 Å². The average Bonchev–Trinajstić information content (AvgIpc) is 2.80. The molecule has 0 saturated carbocycles. The zero-order valence-corrected chi connectivity index (χ0v) is 12.7. The van der Waals surface area contributed by atoms with Crippen molar-refractivity contribution in [2.45, 2.75) is 38.0 Å². The Balaban J connectivity index is 2.22. The lowest BCUT2D eigenvalue weighted by Crippen LogP contribution is -2.25. The van der Waals surface area contributed by atoms with Gasteiger partial charge < -0.3 is 8.92 Å². The van der Waals surface area contributed by atoms with Crippen molar-refractivity contribution in [3.8, 4) is 0 Å². The van der Waals surface area contributed by atoms with Gasteiger partial charge in [-0.1, -0.05) is 30.3 Å². The van der Waals surface area contributed by atoms with Gasteiger partial charge in [0.25, 0.3) is 0 Å². The Kier molecular flexibility index (Phi) is 4.53. The summed E-state index contributed by atoms with van der Waals surface area (Å²) in [6.07, 6.45) is -0.573. The van der Waals surface area contributed by atoms with Crippen LogP contribution in [0.25, 0.3) is 0 Å². The molecule has 0 bridgehead atoms. The summed E-state index contributed by atoms with van der Waals surface area (Å²) in [5.74, 6) is -0.289. The van der Waals surface area contributed by atoms with Crippen LogP contribution >= 0.6 is 0 Å². The fourth-order valence-electron chi connectivity index (χ4n) is 2.30. The van der Waals surface area contributed by atoms with Gasteiger partial charge in [-0.25, -0.2) is 0 Å². The molecule has 1 aromatic rings. The number of allylic oxidation sites excluding steroid dienone is 1. The van der Waals surface area contributed by atoms with E-state index in [1.807, 2.05) is 30.3 Å². The number of hydrogen-bond acceptors (Lipinski definition) is 4. The number of alkyl halides is 3. The minimum atomic E-state index is -5.65. The first-order valence-electron chi connectivity index (χ1n) is 6.52. The van der Waals surface area contributed by atoms with E-state index >= 15 is 0 Å². The molecule has 122 valence electrons. The molecule has 8 heteroatoms. The van der Waals surface area contributed by atoms with Gasteiger partial charge in [0.05, 0.1) is 12.2 Å². The summed E-state index contributed by atoms with van der Waals surface area (Å²) in [5.41, 5.74) is -4.17. The SMILES string of the molecule is C/C(OS(=O)(=O)C(F)(F)F)=C1\CC(c2ccccc2)OC1C. The Bertz CT molecular complexity index is 665. The molecule has 2 rings (SSSR count). The molecule has 1 fully saturated rings. The van der Waals surface area contributed by atoms with Crippen molar-refractivity contribution >= 4 is 10.1 Å². The van der Waals surface area contributed by atoms with Crippen LogP contribution in [0.2, 0.25) is 0 Å². The smallest absolute Gasteiger partial charge is 0.381 e. The summed E-state index contributed by atoms with van der Waals surface area (Å²) in [6.45, 7) is 2.84. The van der Waals surface area contributed by atoms with Crippen molar-refractivity contribution in [3.63, 3.8) is 0 Å². The molecule has 1 heterocycles. The second-order valence-electron chi connectivity index (χ2n) is 4.95. The van der Waals surface area contributed by atoms with Crippen molar-refractivity contribution in [1.82, 2.24) is 0 Å². The van der Waals surface area contributed by atoms with Gasteiger partial charge in [-0.2, -0.15) is 21.6 Å². The molecule has 1 aliphatic heterocycles. The van der Waals surface area contributed by atoms with Gasteiger partial charge in [0.1, 0.15) is 5.76 Å². The van der Waals surface area contributed by atoms with Crippen molar-refractivity contribution in [1.29, 1.82) is 0 Å². The molecule has 0 N–H and O–H groups in total. The highest BCUT2D eigenvalue weighted by molar-refractivity contribution is 7.87. The molecule has 4 nitrogen and oxygen atoms in total. The first-order chi connectivity index (χ1) is 10.1. The number of halogens is 3. The van der Waals surface area contributed by atoms with E-state index in [1.165, 1.54) is 6.92 Å². The number of benzene rings is 1. The first kappa shape index (κ1) is 16.8. The molecule has 1 saturated heterocycles. The van der Waals surface area contributed by atoms with Gasteiger partial charge in [0.15, 0.2) is 0 Å². The zero-order chi connectivity index (χ0) is 16.5. The van der Waals surface area contributed by atoms with Crippen molar-refractivity contribution in [2.24, 2.45) is 0 Å². The van der Waals surface area contributed by atoms with Crippen LogP contribution in [0, 0.1) is 0 Å². The fourth-order valence-corrected chi connectivity index (χ4v) is 2.83. The van der Waals surface area contributed by atoms with Gasteiger partial charge in [-0.3, -0.25) is 0 Å². The van der Waals surface area contributed by atoms with Crippen LogP contribution in [0.3, 0.4) is 0 Å². The predicted molar refractivity (Wildman–Crippen MR) is 73.1 cm³/mol. The molecule has 2 unspecified atom stereocenters. The molecule has 0 aromatic heterocycles. The largest absolute Gasteiger partial charge is 0.534 e. The monoisotopic (exact) mass is 336 g/mol. The number of ether oxygens (including phenoxy) is 1. The maximum absolute atomic E-state index is 12.4. The molecule has 0 aliphatic carbocycles. The Labute approximate surface area is 126 Å². The van der Waals surface area contributed by atoms with E-state index in [4.69, 9.17) is 4.74 Å². The lowest BCUT2D eigenvalue weighted by molar-refractivity contribution is -0.0522. The van der Waals surface area contributed by atoms with E-state index < -0.39 is 21.7 Å². The second kappa shape index (κ2) is 5.92. The maximum atomic E-state index is 12.4. The van der Waals surface area contributed by atoms with Crippen molar-refractivity contribution in [2.75, 3.05) is 0 Å². The Morgan fingerprint density at radius 3 is 2.41 bits per heavy atom. The predicted octanol–water partition coefficient (Wildman–Crippen LogP) is 3.68. The van der Waals surface area contributed by atoms with Crippen molar-refractivity contribution < 1.29 is 30.5 Å². The first-order valence-corrected chi connectivity index (χ1v) is 7.93. The van der Waals surface area contributed by atoms with Crippen LogP contribution in [-0.2, 0) is 19.0 Å². The van der Waals surface area contributed by atoms with Crippen molar-refractivity contribution in [3.05, 3.63) is 47.2 Å². The molecular weight excluding hydrogens is 321 g/mol.